The van der Waals surface area contributed by atoms with Gasteiger partial charge in [-0.05, 0) is 44.2 Å². The fraction of sp³-hybridized carbons (Fsp3) is 0.722. The zero-order valence-corrected chi connectivity index (χ0v) is 15.8. The molecule has 0 N–H and O–H groups in total. The number of rotatable bonds is 5. The number of likely N-dealkylation sites (tertiary alicyclic amines) is 1. The third-order valence-electron chi connectivity index (χ3n) is 5.41. The summed E-state index contributed by atoms with van der Waals surface area (Å²) in [5, 5.41) is 0. The van der Waals surface area contributed by atoms with Crippen LogP contribution in [-0.2, 0) is 14.8 Å². The second-order valence-electron chi connectivity index (χ2n) is 7.20. The Bertz CT molecular complexity index is 664. The number of sulfonamides is 1. The topological polar surface area (TPSA) is 62.6 Å². The van der Waals surface area contributed by atoms with Crippen molar-refractivity contribution in [2.75, 3.05) is 31.9 Å². The Hall–Kier alpha value is -1.34. The van der Waals surface area contributed by atoms with Crippen LogP contribution in [0.4, 0.5) is 0 Å². The minimum atomic E-state index is -3.21. The summed E-state index contributed by atoms with van der Waals surface area (Å²) in [6.07, 6.45) is 8.29. The predicted molar refractivity (Wildman–Crippen MR) is 97.7 cm³/mol. The molecule has 1 aromatic heterocycles. The molecule has 3 rings (SSSR count). The van der Waals surface area contributed by atoms with Gasteiger partial charge in [0, 0.05) is 44.6 Å². The van der Waals surface area contributed by atoms with Gasteiger partial charge >= 0.3 is 0 Å². The van der Waals surface area contributed by atoms with E-state index in [9.17, 15) is 13.2 Å². The van der Waals surface area contributed by atoms with Gasteiger partial charge in [0.1, 0.15) is 0 Å². The van der Waals surface area contributed by atoms with Crippen LogP contribution in [-0.4, -0.2) is 60.0 Å². The SMILES string of the molecule is CCCS(=O)(=O)N1CCC[C@H](C(=O)N2CCC(n3cccc3)CC2)C1. The first kappa shape index (κ1) is 18.5. The van der Waals surface area contributed by atoms with Crippen molar-refractivity contribution in [2.24, 2.45) is 5.92 Å². The number of aromatic nitrogens is 1. The number of amides is 1. The van der Waals surface area contributed by atoms with Crippen molar-refractivity contribution in [3.05, 3.63) is 24.5 Å². The Morgan fingerprint density at radius 3 is 2.40 bits per heavy atom. The first-order chi connectivity index (χ1) is 12.0. The third-order valence-corrected chi connectivity index (χ3v) is 7.46. The van der Waals surface area contributed by atoms with E-state index in [1.165, 1.54) is 4.31 Å². The number of piperidine rings is 2. The van der Waals surface area contributed by atoms with E-state index in [4.69, 9.17) is 0 Å². The van der Waals surface area contributed by atoms with Crippen LogP contribution in [0.1, 0.15) is 45.1 Å². The Labute approximate surface area is 150 Å². The van der Waals surface area contributed by atoms with Crippen LogP contribution in [0, 0.1) is 5.92 Å². The van der Waals surface area contributed by atoms with Gasteiger partial charge in [0.05, 0.1) is 11.7 Å². The van der Waals surface area contributed by atoms with Crippen LogP contribution < -0.4 is 0 Å². The van der Waals surface area contributed by atoms with Crippen LogP contribution in [0.3, 0.4) is 0 Å². The van der Waals surface area contributed by atoms with E-state index in [0.29, 0.717) is 25.6 Å². The third kappa shape index (κ3) is 4.26. The average Bonchev–Trinajstić information content (AvgIpc) is 3.16. The number of carbonyl (C=O) groups is 1. The van der Waals surface area contributed by atoms with Gasteiger partial charge < -0.3 is 9.47 Å². The lowest BCUT2D eigenvalue weighted by Gasteiger charge is -2.37. The molecule has 1 atom stereocenters. The van der Waals surface area contributed by atoms with Crippen molar-refractivity contribution in [2.45, 2.75) is 45.1 Å². The highest BCUT2D eigenvalue weighted by Crippen LogP contribution is 2.26. The average molecular weight is 368 g/mol. The maximum Gasteiger partial charge on any atom is 0.227 e. The van der Waals surface area contributed by atoms with Gasteiger partial charge in [0.15, 0.2) is 0 Å². The van der Waals surface area contributed by atoms with Gasteiger partial charge in [0.2, 0.25) is 15.9 Å². The van der Waals surface area contributed by atoms with E-state index >= 15 is 0 Å². The van der Waals surface area contributed by atoms with Crippen molar-refractivity contribution in [1.29, 1.82) is 0 Å². The molecule has 0 bridgehead atoms. The second-order valence-corrected chi connectivity index (χ2v) is 9.29. The Balaban J connectivity index is 1.56. The van der Waals surface area contributed by atoms with Crippen LogP contribution in [0.5, 0.6) is 0 Å². The zero-order chi connectivity index (χ0) is 17.9. The molecule has 0 aliphatic carbocycles. The lowest BCUT2D eigenvalue weighted by Crippen LogP contribution is -2.49. The largest absolute Gasteiger partial charge is 0.351 e. The van der Waals surface area contributed by atoms with Crippen LogP contribution in [0.15, 0.2) is 24.5 Å². The van der Waals surface area contributed by atoms with E-state index in [2.05, 4.69) is 17.0 Å². The summed E-state index contributed by atoms with van der Waals surface area (Å²) >= 11 is 0. The monoisotopic (exact) mass is 367 g/mol. The highest BCUT2D eigenvalue weighted by molar-refractivity contribution is 7.89. The highest BCUT2D eigenvalue weighted by Gasteiger charge is 2.35. The van der Waals surface area contributed by atoms with Gasteiger partial charge in [-0.3, -0.25) is 4.79 Å². The van der Waals surface area contributed by atoms with Crippen LogP contribution in [0.2, 0.25) is 0 Å². The quantitative estimate of drug-likeness (QED) is 0.801. The molecule has 25 heavy (non-hydrogen) atoms. The molecule has 3 heterocycles. The molecule has 7 heteroatoms. The second kappa shape index (κ2) is 7.91. The molecule has 140 valence electrons. The van der Waals surface area contributed by atoms with E-state index < -0.39 is 10.0 Å². The molecule has 6 nitrogen and oxygen atoms in total. The number of hydrogen-bond donors (Lipinski definition) is 0. The summed E-state index contributed by atoms with van der Waals surface area (Å²) in [6, 6.07) is 4.53. The standard InChI is InChI=1S/C18H29N3O3S/c1-2-14-25(23,24)21-11-5-6-16(15-21)18(22)20-12-7-17(8-13-20)19-9-3-4-10-19/h3-4,9-10,16-17H,2,5-8,11-15H2,1H3/t16-/m0/s1. The summed E-state index contributed by atoms with van der Waals surface area (Å²) in [7, 11) is -3.21. The summed E-state index contributed by atoms with van der Waals surface area (Å²) < 4.78 is 28.4. The molecule has 2 aliphatic heterocycles. The molecule has 2 saturated heterocycles. The molecule has 0 spiro atoms. The molecule has 2 fully saturated rings. The maximum absolute atomic E-state index is 12.9. The number of nitrogens with zero attached hydrogens (tertiary/aromatic N) is 3. The van der Waals surface area contributed by atoms with Gasteiger partial charge in [-0.15, -0.1) is 0 Å². The molecular weight excluding hydrogens is 338 g/mol. The van der Waals surface area contributed by atoms with E-state index in [1.54, 1.807) is 0 Å². The minimum Gasteiger partial charge on any atom is -0.351 e. The molecule has 0 saturated carbocycles. The first-order valence-corrected chi connectivity index (χ1v) is 11.0. The zero-order valence-electron chi connectivity index (χ0n) is 15.0. The van der Waals surface area contributed by atoms with Crippen LogP contribution in [0.25, 0.3) is 0 Å². The summed E-state index contributed by atoms with van der Waals surface area (Å²) in [6.45, 7) is 4.32. The first-order valence-electron chi connectivity index (χ1n) is 9.40. The Morgan fingerprint density at radius 2 is 1.76 bits per heavy atom. The maximum atomic E-state index is 12.9. The van der Waals surface area contributed by atoms with Gasteiger partial charge in [-0.2, -0.15) is 0 Å². The molecule has 0 radical (unpaired) electrons. The fourth-order valence-electron chi connectivity index (χ4n) is 4.02. The molecule has 2 aliphatic rings. The van der Waals surface area contributed by atoms with Crippen molar-refractivity contribution < 1.29 is 13.2 Å². The number of carbonyl (C=O) groups excluding carboxylic acids is 1. The van der Waals surface area contributed by atoms with E-state index in [1.807, 2.05) is 24.0 Å². The summed E-state index contributed by atoms with van der Waals surface area (Å²) in [4.78, 5) is 14.8. The minimum absolute atomic E-state index is 0.141. The molecular formula is C18H29N3O3S. The summed E-state index contributed by atoms with van der Waals surface area (Å²) in [5.74, 6) is 0.141. The lowest BCUT2D eigenvalue weighted by atomic mass is 9.96. The van der Waals surface area contributed by atoms with Gasteiger partial charge in [-0.25, -0.2) is 12.7 Å². The fourth-order valence-corrected chi connectivity index (χ4v) is 5.61. The van der Waals surface area contributed by atoms with Crippen LogP contribution >= 0.6 is 0 Å². The Kier molecular flexibility index (Phi) is 5.84. The van der Waals surface area contributed by atoms with Crippen molar-refractivity contribution >= 4 is 15.9 Å². The predicted octanol–water partition coefficient (Wildman–Crippen LogP) is 2.10. The van der Waals surface area contributed by atoms with E-state index in [0.717, 1.165) is 38.8 Å². The smallest absolute Gasteiger partial charge is 0.227 e. The van der Waals surface area contributed by atoms with Crippen molar-refractivity contribution in [1.82, 2.24) is 13.8 Å². The molecule has 1 amide bonds. The molecule has 1 aromatic rings. The Morgan fingerprint density at radius 1 is 1.08 bits per heavy atom. The van der Waals surface area contributed by atoms with Crippen molar-refractivity contribution in [3.8, 4) is 0 Å². The normalized spacial score (nSPS) is 23.7. The van der Waals surface area contributed by atoms with Crippen molar-refractivity contribution in [3.63, 3.8) is 0 Å². The number of hydrogen-bond acceptors (Lipinski definition) is 3. The highest BCUT2D eigenvalue weighted by atomic mass is 32.2. The molecule has 0 unspecified atom stereocenters. The summed E-state index contributed by atoms with van der Waals surface area (Å²) in [5.41, 5.74) is 0. The van der Waals surface area contributed by atoms with Gasteiger partial charge in [-0.1, -0.05) is 6.92 Å². The van der Waals surface area contributed by atoms with Gasteiger partial charge in [0.25, 0.3) is 0 Å². The lowest BCUT2D eigenvalue weighted by molar-refractivity contribution is -0.138. The van der Waals surface area contributed by atoms with E-state index in [-0.39, 0.29) is 17.6 Å². The molecule has 0 aromatic carbocycles.